The minimum Gasteiger partial charge on any atom is -0.490 e. The van der Waals surface area contributed by atoms with Crippen molar-refractivity contribution in [2.45, 2.75) is 13.3 Å². The van der Waals surface area contributed by atoms with E-state index in [1.165, 1.54) is 5.56 Å². The first-order valence-electron chi connectivity index (χ1n) is 6.38. The number of ether oxygens (including phenoxy) is 2. The fourth-order valence-corrected chi connectivity index (χ4v) is 1.94. The van der Waals surface area contributed by atoms with Gasteiger partial charge in [0, 0.05) is 4.47 Å². The SMILES string of the molecule is CCc1ccc(OCCOc2ccc(Br)cc2)cc1. The molecular weight excluding hydrogens is 304 g/mol. The van der Waals surface area contributed by atoms with Crippen LogP contribution in [0.1, 0.15) is 12.5 Å². The van der Waals surface area contributed by atoms with Gasteiger partial charge in [-0.05, 0) is 48.4 Å². The molecule has 0 heterocycles. The lowest BCUT2D eigenvalue weighted by Crippen LogP contribution is -2.08. The summed E-state index contributed by atoms with van der Waals surface area (Å²) < 4.78 is 12.2. The summed E-state index contributed by atoms with van der Waals surface area (Å²) in [5.74, 6) is 1.74. The third-order valence-corrected chi connectivity index (χ3v) is 3.29. The van der Waals surface area contributed by atoms with E-state index in [4.69, 9.17) is 9.47 Å². The Hall–Kier alpha value is -1.48. The lowest BCUT2D eigenvalue weighted by atomic mass is 10.2. The smallest absolute Gasteiger partial charge is 0.122 e. The first-order chi connectivity index (χ1) is 9.28. The van der Waals surface area contributed by atoms with Crippen LogP contribution >= 0.6 is 15.9 Å². The molecule has 3 heteroatoms. The summed E-state index contributed by atoms with van der Waals surface area (Å²) in [7, 11) is 0. The number of hydrogen-bond donors (Lipinski definition) is 0. The third kappa shape index (κ3) is 4.60. The molecular formula is C16H17BrO2. The Bertz CT molecular complexity index is 491. The zero-order chi connectivity index (χ0) is 13.5. The monoisotopic (exact) mass is 320 g/mol. The molecule has 0 aliphatic carbocycles. The molecule has 0 aliphatic heterocycles. The van der Waals surface area contributed by atoms with Crippen molar-refractivity contribution in [2.75, 3.05) is 13.2 Å². The van der Waals surface area contributed by atoms with Gasteiger partial charge >= 0.3 is 0 Å². The van der Waals surface area contributed by atoms with Gasteiger partial charge in [0.1, 0.15) is 24.7 Å². The van der Waals surface area contributed by atoms with E-state index in [0.29, 0.717) is 13.2 Å². The molecule has 0 spiro atoms. The van der Waals surface area contributed by atoms with Crippen molar-refractivity contribution in [3.8, 4) is 11.5 Å². The fraction of sp³-hybridized carbons (Fsp3) is 0.250. The molecule has 0 fully saturated rings. The van der Waals surface area contributed by atoms with Gasteiger partial charge in [-0.25, -0.2) is 0 Å². The Balaban J connectivity index is 1.72. The standard InChI is InChI=1S/C16H17BrO2/c1-2-13-3-7-15(8-4-13)18-11-12-19-16-9-5-14(17)6-10-16/h3-10H,2,11-12H2,1H3. The Labute approximate surface area is 122 Å². The molecule has 2 rings (SSSR count). The summed E-state index contributed by atoms with van der Waals surface area (Å²) in [6, 6.07) is 16.0. The third-order valence-electron chi connectivity index (χ3n) is 2.77. The molecule has 100 valence electrons. The van der Waals surface area contributed by atoms with Gasteiger partial charge in [0.2, 0.25) is 0 Å². The second kappa shape index (κ2) is 7.19. The average Bonchev–Trinajstić information content (AvgIpc) is 2.46. The normalized spacial score (nSPS) is 10.2. The Kier molecular flexibility index (Phi) is 5.28. The van der Waals surface area contributed by atoms with Crippen LogP contribution in [0, 0.1) is 0 Å². The molecule has 0 radical (unpaired) electrons. The highest BCUT2D eigenvalue weighted by atomic mass is 79.9. The van der Waals surface area contributed by atoms with Gasteiger partial charge in [0.15, 0.2) is 0 Å². The predicted molar refractivity (Wildman–Crippen MR) is 81.0 cm³/mol. The van der Waals surface area contributed by atoms with Crippen LogP contribution in [0.4, 0.5) is 0 Å². The molecule has 19 heavy (non-hydrogen) atoms. The summed E-state index contributed by atoms with van der Waals surface area (Å²) in [6.07, 6.45) is 1.05. The minimum atomic E-state index is 0.539. The first kappa shape index (κ1) is 13.9. The fourth-order valence-electron chi connectivity index (χ4n) is 1.67. The number of benzene rings is 2. The van der Waals surface area contributed by atoms with Crippen LogP contribution in [0.25, 0.3) is 0 Å². The van der Waals surface area contributed by atoms with Gasteiger partial charge < -0.3 is 9.47 Å². The molecule has 2 aromatic carbocycles. The van der Waals surface area contributed by atoms with Crippen molar-refractivity contribution >= 4 is 15.9 Å². The van der Waals surface area contributed by atoms with Crippen molar-refractivity contribution < 1.29 is 9.47 Å². The van der Waals surface area contributed by atoms with E-state index in [2.05, 4.69) is 35.0 Å². The van der Waals surface area contributed by atoms with Crippen LogP contribution < -0.4 is 9.47 Å². The van der Waals surface area contributed by atoms with Gasteiger partial charge in [-0.3, -0.25) is 0 Å². The Morgan fingerprint density at radius 1 is 0.789 bits per heavy atom. The topological polar surface area (TPSA) is 18.5 Å². The highest BCUT2D eigenvalue weighted by Crippen LogP contribution is 2.16. The number of halogens is 1. The zero-order valence-corrected chi connectivity index (χ0v) is 12.5. The van der Waals surface area contributed by atoms with E-state index >= 15 is 0 Å². The van der Waals surface area contributed by atoms with E-state index in [0.717, 1.165) is 22.4 Å². The van der Waals surface area contributed by atoms with Crippen molar-refractivity contribution in [3.05, 3.63) is 58.6 Å². The molecule has 2 aromatic rings. The van der Waals surface area contributed by atoms with Crippen LogP contribution in [0.2, 0.25) is 0 Å². The van der Waals surface area contributed by atoms with Crippen molar-refractivity contribution in [2.24, 2.45) is 0 Å². The van der Waals surface area contributed by atoms with Gasteiger partial charge in [-0.15, -0.1) is 0 Å². The summed E-state index contributed by atoms with van der Waals surface area (Å²) >= 11 is 3.39. The summed E-state index contributed by atoms with van der Waals surface area (Å²) in [5, 5.41) is 0. The lowest BCUT2D eigenvalue weighted by molar-refractivity contribution is 0.217. The predicted octanol–water partition coefficient (Wildman–Crippen LogP) is 4.47. The highest BCUT2D eigenvalue weighted by Gasteiger charge is 1.96. The van der Waals surface area contributed by atoms with E-state index < -0.39 is 0 Å². The molecule has 0 saturated carbocycles. The zero-order valence-electron chi connectivity index (χ0n) is 10.9. The molecule has 0 bridgehead atoms. The van der Waals surface area contributed by atoms with Crippen LogP contribution in [-0.2, 0) is 6.42 Å². The molecule has 0 aromatic heterocycles. The van der Waals surface area contributed by atoms with E-state index in [1.54, 1.807) is 0 Å². The average molecular weight is 321 g/mol. The van der Waals surface area contributed by atoms with Crippen molar-refractivity contribution in [1.82, 2.24) is 0 Å². The second-order valence-electron chi connectivity index (χ2n) is 4.15. The maximum atomic E-state index is 5.62. The lowest BCUT2D eigenvalue weighted by Gasteiger charge is -2.08. The number of rotatable bonds is 6. The molecule has 0 aliphatic rings. The Morgan fingerprint density at radius 2 is 1.26 bits per heavy atom. The van der Waals surface area contributed by atoms with Crippen molar-refractivity contribution in [1.29, 1.82) is 0 Å². The number of aryl methyl sites for hydroxylation is 1. The maximum absolute atomic E-state index is 5.62. The van der Waals surface area contributed by atoms with Gasteiger partial charge in [-0.1, -0.05) is 35.0 Å². The van der Waals surface area contributed by atoms with Crippen LogP contribution in [0.15, 0.2) is 53.0 Å². The first-order valence-corrected chi connectivity index (χ1v) is 7.17. The van der Waals surface area contributed by atoms with Gasteiger partial charge in [0.05, 0.1) is 0 Å². The van der Waals surface area contributed by atoms with E-state index in [-0.39, 0.29) is 0 Å². The molecule has 0 saturated heterocycles. The quantitative estimate of drug-likeness (QED) is 0.731. The maximum Gasteiger partial charge on any atom is 0.122 e. The molecule has 0 atom stereocenters. The van der Waals surface area contributed by atoms with E-state index in [1.807, 2.05) is 36.4 Å². The molecule has 2 nitrogen and oxygen atoms in total. The molecule has 0 unspecified atom stereocenters. The highest BCUT2D eigenvalue weighted by molar-refractivity contribution is 9.10. The second-order valence-corrected chi connectivity index (χ2v) is 5.06. The summed E-state index contributed by atoms with van der Waals surface area (Å²) in [4.78, 5) is 0. The van der Waals surface area contributed by atoms with E-state index in [9.17, 15) is 0 Å². The summed E-state index contributed by atoms with van der Waals surface area (Å²) in [6.45, 7) is 3.22. The molecule has 0 amide bonds. The number of hydrogen-bond acceptors (Lipinski definition) is 2. The minimum absolute atomic E-state index is 0.539. The Morgan fingerprint density at radius 3 is 1.74 bits per heavy atom. The van der Waals surface area contributed by atoms with Crippen molar-refractivity contribution in [3.63, 3.8) is 0 Å². The van der Waals surface area contributed by atoms with Crippen LogP contribution in [0.5, 0.6) is 11.5 Å². The van der Waals surface area contributed by atoms with Crippen LogP contribution in [-0.4, -0.2) is 13.2 Å². The summed E-state index contributed by atoms with van der Waals surface area (Å²) in [5.41, 5.74) is 1.32. The molecule has 0 N–H and O–H groups in total. The van der Waals surface area contributed by atoms with Crippen LogP contribution in [0.3, 0.4) is 0 Å². The largest absolute Gasteiger partial charge is 0.490 e. The van der Waals surface area contributed by atoms with Gasteiger partial charge in [0.25, 0.3) is 0 Å². The van der Waals surface area contributed by atoms with Gasteiger partial charge in [-0.2, -0.15) is 0 Å².